The molecule has 0 fully saturated rings. The first-order valence-electron chi connectivity index (χ1n) is 7.96. The van der Waals surface area contributed by atoms with E-state index in [0.29, 0.717) is 5.92 Å². The Kier molecular flexibility index (Phi) is 4.70. The van der Waals surface area contributed by atoms with E-state index in [0.717, 1.165) is 37.6 Å². The predicted octanol–water partition coefficient (Wildman–Crippen LogP) is 4.05. The second kappa shape index (κ2) is 6.71. The Morgan fingerprint density at radius 1 is 1.43 bits per heavy atom. The number of rotatable bonds is 6. The number of hydrogen-bond acceptors (Lipinski definition) is 5. The van der Waals surface area contributed by atoms with E-state index in [1.54, 1.807) is 0 Å². The molecule has 0 aromatic carbocycles. The fourth-order valence-electron chi connectivity index (χ4n) is 3.00. The van der Waals surface area contributed by atoms with Gasteiger partial charge in [-0.05, 0) is 55.7 Å². The fourth-order valence-corrected chi connectivity index (χ4v) is 3.98. The van der Waals surface area contributed by atoms with Crippen LogP contribution in [0.2, 0.25) is 0 Å². The average molecular weight is 305 g/mol. The minimum Gasteiger partial charge on any atom is -0.423 e. The summed E-state index contributed by atoms with van der Waals surface area (Å²) in [5.74, 6) is 1.83. The van der Waals surface area contributed by atoms with Crippen LogP contribution in [-0.4, -0.2) is 16.7 Å². The maximum Gasteiger partial charge on any atom is 0.233 e. The highest BCUT2D eigenvalue weighted by molar-refractivity contribution is 7.10. The van der Waals surface area contributed by atoms with Crippen molar-refractivity contribution in [1.29, 1.82) is 0 Å². The van der Waals surface area contributed by atoms with E-state index in [1.807, 2.05) is 11.3 Å². The van der Waals surface area contributed by atoms with Gasteiger partial charge in [-0.25, -0.2) is 0 Å². The summed E-state index contributed by atoms with van der Waals surface area (Å²) in [6.45, 7) is 5.29. The molecule has 0 aliphatic heterocycles. The Morgan fingerprint density at radius 3 is 3.14 bits per heavy atom. The van der Waals surface area contributed by atoms with Crippen molar-refractivity contribution in [2.45, 2.75) is 57.9 Å². The van der Waals surface area contributed by atoms with Gasteiger partial charge in [-0.2, -0.15) is 0 Å². The fraction of sp³-hybridized carbons (Fsp3) is 0.625. The molecule has 2 atom stereocenters. The monoisotopic (exact) mass is 305 g/mol. The Labute approximate surface area is 130 Å². The summed E-state index contributed by atoms with van der Waals surface area (Å²) in [5.41, 5.74) is 1.40. The maximum absolute atomic E-state index is 6.02. The molecule has 3 rings (SSSR count). The van der Waals surface area contributed by atoms with Gasteiger partial charge >= 0.3 is 0 Å². The molecule has 1 aliphatic carbocycles. The van der Waals surface area contributed by atoms with Crippen LogP contribution >= 0.6 is 11.3 Å². The second-order valence-electron chi connectivity index (χ2n) is 5.64. The Hall–Kier alpha value is -1.20. The number of hydrogen-bond donors (Lipinski definition) is 1. The van der Waals surface area contributed by atoms with E-state index in [4.69, 9.17) is 4.42 Å². The van der Waals surface area contributed by atoms with Gasteiger partial charge in [0, 0.05) is 4.88 Å². The second-order valence-corrected chi connectivity index (χ2v) is 6.64. The van der Waals surface area contributed by atoms with E-state index in [9.17, 15) is 0 Å². The van der Waals surface area contributed by atoms with Gasteiger partial charge in [0.25, 0.3) is 0 Å². The molecule has 2 unspecified atom stereocenters. The Morgan fingerprint density at radius 2 is 2.33 bits per heavy atom. The van der Waals surface area contributed by atoms with Crippen molar-refractivity contribution in [2.75, 3.05) is 6.54 Å². The SMILES string of the molecule is CCCNC(CC)c1nnc(C2CCCc3sccc32)o1. The molecule has 2 heterocycles. The average Bonchev–Trinajstić information content (AvgIpc) is 3.16. The van der Waals surface area contributed by atoms with Crippen LogP contribution in [-0.2, 0) is 6.42 Å². The number of aromatic nitrogens is 2. The summed E-state index contributed by atoms with van der Waals surface area (Å²) in [4.78, 5) is 1.49. The normalized spacial score (nSPS) is 19.4. The van der Waals surface area contributed by atoms with Crippen molar-refractivity contribution in [3.8, 4) is 0 Å². The van der Waals surface area contributed by atoms with Crippen molar-refractivity contribution < 1.29 is 4.42 Å². The van der Waals surface area contributed by atoms with Gasteiger partial charge in [0.1, 0.15) is 0 Å². The first-order chi connectivity index (χ1) is 10.3. The summed E-state index contributed by atoms with van der Waals surface area (Å²) in [6.07, 6.45) is 5.60. The molecule has 2 aromatic rings. The quantitative estimate of drug-likeness (QED) is 0.874. The molecule has 0 saturated heterocycles. The number of thiophene rings is 1. The molecule has 0 spiro atoms. The van der Waals surface area contributed by atoms with Crippen molar-refractivity contribution in [3.63, 3.8) is 0 Å². The molecule has 1 N–H and O–H groups in total. The molecule has 0 saturated carbocycles. The summed E-state index contributed by atoms with van der Waals surface area (Å²) in [7, 11) is 0. The van der Waals surface area contributed by atoms with Gasteiger partial charge in [-0.15, -0.1) is 21.5 Å². The minimum atomic E-state index is 0.178. The lowest BCUT2D eigenvalue weighted by Crippen LogP contribution is -2.21. The minimum absolute atomic E-state index is 0.178. The van der Waals surface area contributed by atoms with Gasteiger partial charge in [0.05, 0.1) is 12.0 Å². The first kappa shape index (κ1) is 14.7. The topological polar surface area (TPSA) is 51.0 Å². The summed E-state index contributed by atoms with van der Waals surface area (Å²) >= 11 is 1.85. The van der Waals surface area contributed by atoms with E-state index < -0.39 is 0 Å². The lowest BCUT2D eigenvalue weighted by molar-refractivity contribution is 0.359. The third kappa shape index (κ3) is 3.04. The smallest absolute Gasteiger partial charge is 0.233 e. The van der Waals surface area contributed by atoms with Gasteiger partial charge in [-0.1, -0.05) is 13.8 Å². The van der Waals surface area contributed by atoms with Crippen LogP contribution in [0.5, 0.6) is 0 Å². The van der Waals surface area contributed by atoms with Gasteiger partial charge in [0.15, 0.2) is 0 Å². The standard InChI is InChI=1S/C16H23N3OS/c1-3-9-17-13(4-2)16-19-18-15(20-16)12-6-5-7-14-11(12)8-10-21-14/h8,10,12-13,17H,3-7,9H2,1-2H3. The number of aryl methyl sites for hydroxylation is 1. The summed E-state index contributed by atoms with van der Waals surface area (Å²) in [5, 5.41) is 14.3. The molecule has 5 heteroatoms. The molecule has 0 bridgehead atoms. The lowest BCUT2D eigenvalue weighted by atomic mass is 9.88. The van der Waals surface area contributed by atoms with E-state index >= 15 is 0 Å². The summed E-state index contributed by atoms with van der Waals surface area (Å²) in [6, 6.07) is 2.40. The molecular formula is C16H23N3OS. The molecule has 1 aliphatic rings. The third-order valence-electron chi connectivity index (χ3n) is 4.15. The van der Waals surface area contributed by atoms with Crippen LogP contribution < -0.4 is 5.32 Å². The molecule has 2 aromatic heterocycles. The number of nitrogens with zero attached hydrogens (tertiary/aromatic N) is 2. The number of nitrogens with one attached hydrogen (secondary N) is 1. The van der Waals surface area contributed by atoms with Crippen LogP contribution in [0.25, 0.3) is 0 Å². The van der Waals surface area contributed by atoms with Crippen LogP contribution in [0.4, 0.5) is 0 Å². The zero-order valence-electron chi connectivity index (χ0n) is 12.8. The van der Waals surface area contributed by atoms with Crippen LogP contribution in [0, 0.1) is 0 Å². The van der Waals surface area contributed by atoms with Crippen molar-refractivity contribution >= 4 is 11.3 Å². The lowest BCUT2D eigenvalue weighted by Gasteiger charge is -2.19. The molecule has 0 amide bonds. The molecular weight excluding hydrogens is 282 g/mol. The zero-order valence-corrected chi connectivity index (χ0v) is 13.6. The van der Waals surface area contributed by atoms with Crippen LogP contribution in [0.15, 0.2) is 15.9 Å². The van der Waals surface area contributed by atoms with Crippen LogP contribution in [0.3, 0.4) is 0 Å². The third-order valence-corrected chi connectivity index (χ3v) is 5.15. The van der Waals surface area contributed by atoms with E-state index in [1.165, 1.54) is 23.3 Å². The summed E-state index contributed by atoms with van der Waals surface area (Å²) < 4.78 is 6.02. The first-order valence-corrected chi connectivity index (χ1v) is 8.84. The van der Waals surface area contributed by atoms with E-state index in [-0.39, 0.29) is 6.04 Å². The predicted molar refractivity (Wildman–Crippen MR) is 84.7 cm³/mol. The zero-order chi connectivity index (χ0) is 14.7. The number of fused-ring (bicyclic) bond motifs is 1. The van der Waals surface area contributed by atoms with Gasteiger partial charge in [0.2, 0.25) is 11.8 Å². The van der Waals surface area contributed by atoms with Gasteiger partial charge in [-0.3, -0.25) is 0 Å². The van der Waals surface area contributed by atoms with Crippen LogP contribution in [0.1, 0.15) is 73.7 Å². The molecule has 114 valence electrons. The van der Waals surface area contributed by atoms with Crippen molar-refractivity contribution in [3.05, 3.63) is 33.7 Å². The highest BCUT2D eigenvalue weighted by atomic mass is 32.1. The van der Waals surface area contributed by atoms with Crippen molar-refractivity contribution in [2.24, 2.45) is 0 Å². The maximum atomic E-state index is 6.02. The van der Waals surface area contributed by atoms with Crippen molar-refractivity contribution in [1.82, 2.24) is 15.5 Å². The molecule has 21 heavy (non-hydrogen) atoms. The molecule has 0 radical (unpaired) electrons. The largest absolute Gasteiger partial charge is 0.423 e. The Bertz CT molecular complexity index is 578. The van der Waals surface area contributed by atoms with Gasteiger partial charge < -0.3 is 9.73 Å². The van der Waals surface area contributed by atoms with E-state index in [2.05, 4.69) is 40.8 Å². The highest BCUT2D eigenvalue weighted by Gasteiger charge is 2.28. The molecule has 4 nitrogen and oxygen atoms in total. The Balaban J connectivity index is 1.79. The highest BCUT2D eigenvalue weighted by Crippen LogP contribution is 2.38.